The average molecular weight is 565 g/mol. The van der Waals surface area contributed by atoms with Crippen LogP contribution in [0.25, 0.3) is 11.4 Å². The zero-order valence-corrected chi connectivity index (χ0v) is 24.7. The number of pyridine rings is 1. The van der Waals surface area contributed by atoms with Crippen LogP contribution in [0.1, 0.15) is 62.9 Å². The molecule has 0 radical (unpaired) electrons. The first-order valence-electron chi connectivity index (χ1n) is 13.4. The molecule has 1 N–H and O–H groups in total. The lowest BCUT2D eigenvalue weighted by atomic mass is 10.1. The molecule has 1 aliphatic carbocycles. The smallest absolute Gasteiger partial charge is 0.227 e. The largest absolute Gasteiger partial charge is 0.480 e. The van der Waals surface area contributed by atoms with Crippen molar-refractivity contribution >= 4 is 34.4 Å². The van der Waals surface area contributed by atoms with Gasteiger partial charge in [0, 0.05) is 31.0 Å². The summed E-state index contributed by atoms with van der Waals surface area (Å²) in [5.41, 5.74) is 3.62. The van der Waals surface area contributed by atoms with Crippen LogP contribution in [0.5, 0.6) is 5.88 Å². The molecule has 3 aromatic heterocycles. The molecule has 0 aliphatic heterocycles. The molecule has 212 valence electrons. The van der Waals surface area contributed by atoms with E-state index < -0.39 is 10.8 Å². The molecule has 1 unspecified atom stereocenters. The highest BCUT2D eigenvalue weighted by atomic mass is 32.2. The molecule has 11 nitrogen and oxygen atoms in total. The number of anilines is 2. The van der Waals surface area contributed by atoms with Crippen molar-refractivity contribution in [2.24, 2.45) is 4.99 Å². The fraction of sp³-hybridized carbons (Fsp3) is 0.464. The summed E-state index contributed by atoms with van der Waals surface area (Å²) in [7, 11) is 2.43. The van der Waals surface area contributed by atoms with Crippen LogP contribution in [0.2, 0.25) is 0 Å². The summed E-state index contributed by atoms with van der Waals surface area (Å²) in [4.78, 5) is 41.5. The van der Waals surface area contributed by atoms with Crippen LogP contribution in [-0.2, 0) is 22.1 Å². The van der Waals surface area contributed by atoms with Gasteiger partial charge in [0.1, 0.15) is 22.6 Å². The number of carbonyl (C=O) groups excluding carboxylic acids is 1. The normalized spacial score (nSPS) is 14.9. The molecule has 0 bridgehead atoms. The zero-order chi connectivity index (χ0) is 28.8. The first-order valence-corrected chi connectivity index (χ1v) is 14.7. The molecule has 3 aromatic rings. The van der Waals surface area contributed by atoms with E-state index in [4.69, 9.17) is 14.7 Å². The molecule has 1 aliphatic rings. The van der Waals surface area contributed by atoms with Gasteiger partial charge in [0.05, 0.1) is 35.8 Å². The molecular weight excluding hydrogens is 528 g/mol. The van der Waals surface area contributed by atoms with Crippen molar-refractivity contribution < 1.29 is 13.7 Å². The minimum absolute atomic E-state index is 0.138. The number of aldehydes is 1. The van der Waals surface area contributed by atoms with Crippen molar-refractivity contribution in [3.05, 3.63) is 41.6 Å². The fourth-order valence-corrected chi connectivity index (χ4v) is 4.85. The van der Waals surface area contributed by atoms with Crippen LogP contribution < -0.4 is 15.0 Å². The number of methoxy groups -OCH3 is 1. The Morgan fingerprint density at radius 1 is 1.25 bits per heavy atom. The summed E-state index contributed by atoms with van der Waals surface area (Å²) in [6.07, 6.45) is 6.82. The molecule has 0 saturated heterocycles. The molecule has 0 spiro atoms. The minimum atomic E-state index is -1.12. The Bertz CT molecular complexity index is 1410. The van der Waals surface area contributed by atoms with Gasteiger partial charge in [-0.3, -0.25) is 14.0 Å². The molecule has 4 rings (SSSR count). The van der Waals surface area contributed by atoms with Crippen molar-refractivity contribution in [1.82, 2.24) is 24.9 Å². The predicted molar refractivity (Wildman–Crippen MR) is 156 cm³/mol. The van der Waals surface area contributed by atoms with Crippen LogP contribution in [0.15, 0.2) is 34.7 Å². The highest BCUT2D eigenvalue weighted by Gasteiger charge is 2.32. The topological polar surface area (TPSA) is 135 Å². The van der Waals surface area contributed by atoms with Gasteiger partial charge in [0.15, 0.2) is 23.8 Å². The zero-order valence-electron chi connectivity index (χ0n) is 23.8. The summed E-state index contributed by atoms with van der Waals surface area (Å²) >= 11 is 0. The van der Waals surface area contributed by atoms with Gasteiger partial charge in [-0.15, -0.1) is 0 Å². The van der Waals surface area contributed by atoms with E-state index in [2.05, 4.69) is 44.0 Å². The Morgan fingerprint density at radius 3 is 2.62 bits per heavy atom. The second-order valence-corrected chi connectivity index (χ2v) is 11.4. The monoisotopic (exact) mass is 564 g/mol. The van der Waals surface area contributed by atoms with Gasteiger partial charge >= 0.3 is 0 Å². The number of nitrogens with zero attached hydrogens (tertiary/aromatic N) is 7. The third-order valence-corrected chi connectivity index (χ3v) is 8.20. The number of carbonyl (C=O) groups is 1. The maximum atomic E-state index is 12.1. The molecule has 3 heterocycles. The highest BCUT2D eigenvalue weighted by molar-refractivity contribution is 7.84. The third-order valence-electron chi connectivity index (χ3n) is 6.97. The predicted octanol–water partition coefficient (Wildman–Crippen LogP) is 4.09. The van der Waals surface area contributed by atoms with Gasteiger partial charge in [-0.1, -0.05) is 19.9 Å². The number of aryl methyl sites for hydroxylation is 1. The summed E-state index contributed by atoms with van der Waals surface area (Å²) in [6.45, 7) is 8.16. The van der Waals surface area contributed by atoms with Crippen LogP contribution in [0.3, 0.4) is 0 Å². The van der Waals surface area contributed by atoms with E-state index in [1.165, 1.54) is 6.33 Å². The number of aromatic nitrogens is 5. The Morgan fingerprint density at radius 2 is 2.02 bits per heavy atom. The average Bonchev–Trinajstić information content (AvgIpc) is 3.84. The quantitative estimate of drug-likeness (QED) is 0.195. The van der Waals surface area contributed by atoms with Crippen molar-refractivity contribution in [1.29, 1.82) is 0 Å². The lowest BCUT2D eigenvalue weighted by Crippen LogP contribution is -2.31. The van der Waals surface area contributed by atoms with E-state index >= 15 is 0 Å². The van der Waals surface area contributed by atoms with Crippen molar-refractivity contribution in [3.8, 4) is 17.3 Å². The molecule has 1 fully saturated rings. The standard InChI is InChI=1S/C28H36N8O3S/c1-7-17(3)36(5)27-24(34-21(15-37)29-13-19-9-12-22(30-14-19)40(38)8-2)18(4)33-26(35-27)23-25(20-10-11-20)31-16-32-28(23)39-6/h9,12,14-17,20H,7-8,10-11,13H2,1-6H3,(H,29,34)/t17-,40?/m1/s1. The van der Waals surface area contributed by atoms with Crippen LogP contribution >= 0.6 is 0 Å². The molecule has 40 heavy (non-hydrogen) atoms. The van der Waals surface area contributed by atoms with Gasteiger partial charge in [0.25, 0.3) is 0 Å². The summed E-state index contributed by atoms with van der Waals surface area (Å²) < 4.78 is 17.6. The first kappa shape index (κ1) is 29.2. The maximum absolute atomic E-state index is 12.1. The lowest BCUT2D eigenvalue weighted by molar-refractivity contribution is -0.102. The van der Waals surface area contributed by atoms with Gasteiger partial charge in [-0.25, -0.2) is 24.9 Å². The number of nitrogens with one attached hydrogen (secondary N) is 1. The van der Waals surface area contributed by atoms with E-state index in [9.17, 15) is 9.00 Å². The third kappa shape index (κ3) is 6.49. The number of rotatable bonds is 12. The fourth-order valence-electron chi connectivity index (χ4n) is 4.16. The Hall–Kier alpha value is -3.80. The summed E-state index contributed by atoms with van der Waals surface area (Å²) in [6, 6.07) is 3.71. The summed E-state index contributed by atoms with van der Waals surface area (Å²) in [5.74, 6) is 2.53. The van der Waals surface area contributed by atoms with Crippen LogP contribution in [0.4, 0.5) is 11.5 Å². The number of hydrogen-bond donors (Lipinski definition) is 1. The Balaban J connectivity index is 1.71. The van der Waals surface area contributed by atoms with Gasteiger partial charge in [-0.05, 0) is 44.7 Å². The SMILES string of the molecule is CC[C@@H](C)N(C)c1nc(-c2c(OC)ncnc2C2CC2)nc(C)c1NC(C=O)=NCc1ccc(S(=O)CC)nc1. The summed E-state index contributed by atoms with van der Waals surface area (Å²) in [5, 5.41) is 3.70. The van der Waals surface area contributed by atoms with Crippen LogP contribution in [-0.4, -0.2) is 67.2 Å². The molecule has 12 heteroatoms. The Kier molecular flexibility index (Phi) is 9.51. The molecule has 2 atom stereocenters. The van der Waals surface area contributed by atoms with Crippen molar-refractivity contribution in [3.63, 3.8) is 0 Å². The maximum Gasteiger partial charge on any atom is 0.227 e. The number of amidine groups is 1. The van der Waals surface area contributed by atoms with E-state index in [0.717, 1.165) is 30.5 Å². The molecule has 0 amide bonds. The second kappa shape index (κ2) is 13.0. The van der Waals surface area contributed by atoms with Gasteiger partial charge in [-0.2, -0.15) is 0 Å². The minimum Gasteiger partial charge on any atom is -0.480 e. The van der Waals surface area contributed by atoms with Gasteiger partial charge in [0.2, 0.25) is 5.88 Å². The Labute approximate surface area is 237 Å². The second-order valence-electron chi connectivity index (χ2n) is 9.70. The van der Waals surface area contributed by atoms with Gasteiger partial charge < -0.3 is 15.0 Å². The number of aliphatic imine (C=N–C) groups is 1. The van der Waals surface area contributed by atoms with Crippen LogP contribution in [0, 0.1) is 6.92 Å². The first-order chi connectivity index (χ1) is 19.3. The van der Waals surface area contributed by atoms with Crippen molar-refractivity contribution in [2.45, 2.75) is 70.5 Å². The lowest BCUT2D eigenvalue weighted by Gasteiger charge is -2.28. The molecule has 1 saturated carbocycles. The van der Waals surface area contributed by atoms with E-state index in [0.29, 0.717) is 57.4 Å². The molecular formula is C28H36N8O3S. The van der Waals surface area contributed by atoms with E-state index in [-0.39, 0.29) is 18.4 Å². The highest BCUT2D eigenvalue weighted by Crippen LogP contribution is 2.45. The number of hydrogen-bond acceptors (Lipinski definition) is 10. The van der Waals surface area contributed by atoms with Crippen molar-refractivity contribution in [2.75, 3.05) is 30.1 Å². The molecule has 0 aromatic carbocycles. The van der Waals surface area contributed by atoms with E-state index in [1.54, 1.807) is 19.4 Å². The van der Waals surface area contributed by atoms with E-state index in [1.807, 2.05) is 27.0 Å². The number of ether oxygens (including phenoxy) is 1.